The second-order valence-corrected chi connectivity index (χ2v) is 8.51. The number of amides is 1. The van der Waals surface area contributed by atoms with E-state index in [1.807, 2.05) is 26.0 Å². The summed E-state index contributed by atoms with van der Waals surface area (Å²) in [5.41, 5.74) is 15.3. The van der Waals surface area contributed by atoms with Crippen LogP contribution in [-0.4, -0.2) is 22.5 Å². The standard InChI is InChI=1S/C24H26FN3O3/c1-12-10-15(26)7-9-16(12)19-13(2)28-21(22(27)29)20(19)14-6-8-17(18(25)11-14)23(30)31-24(3,4)5/h6-11,28H,26H2,1-5H3,(H2,27,29). The molecule has 0 atom stereocenters. The van der Waals surface area contributed by atoms with E-state index in [1.165, 1.54) is 12.1 Å². The van der Waals surface area contributed by atoms with Crippen molar-refractivity contribution < 1.29 is 18.7 Å². The van der Waals surface area contributed by atoms with Gasteiger partial charge in [-0.3, -0.25) is 4.79 Å². The van der Waals surface area contributed by atoms with Gasteiger partial charge in [0.25, 0.3) is 5.91 Å². The maximum absolute atomic E-state index is 14.9. The van der Waals surface area contributed by atoms with Crippen LogP contribution in [0.25, 0.3) is 22.3 Å². The summed E-state index contributed by atoms with van der Waals surface area (Å²) in [4.78, 5) is 27.5. The fourth-order valence-corrected chi connectivity index (χ4v) is 3.57. The number of aromatic amines is 1. The molecular formula is C24H26FN3O3. The zero-order valence-corrected chi connectivity index (χ0v) is 18.2. The van der Waals surface area contributed by atoms with Crippen LogP contribution < -0.4 is 11.5 Å². The highest BCUT2D eigenvalue weighted by molar-refractivity contribution is 6.04. The van der Waals surface area contributed by atoms with Crippen molar-refractivity contribution >= 4 is 17.6 Å². The smallest absolute Gasteiger partial charge is 0.341 e. The van der Waals surface area contributed by atoms with Crippen molar-refractivity contribution in [1.29, 1.82) is 0 Å². The summed E-state index contributed by atoms with van der Waals surface area (Å²) in [5, 5.41) is 0. The highest BCUT2D eigenvalue weighted by Gasteiger charge is 2.25. The van der Waals surface area contributed by atoms with E-state index in [2.05, 4.69) is 4.98 Å². The first-order valence-corrected chi connectivity index (χ1v) is 9.81. The van der Waals surface area contributed by atoms with Gasteiger partial charge in [-0.1, -0.05) is 12.1 Å². The number of nitrogen functional groups attached to an aromatic ring is 1. The third-order valence-electron chi connectivity index (χ3n) is 4.83. The molecule has 1 aromatic heterocycles. The number of carbonyl (C=O) groups excluding carboxylic acids is 2. The van der Waals surface area contributed by atoms with Crippen LogP contribution in [0.5, 0.6) is 0 Å². The molecule has 162 valence electrons. The van der Waals surface area contributed by atoms with Crippen molar-refractivity contribution in [2.45, 2.75) is 40.2 Å². The Balaban J connectivity index is 2.20. The molecule has 0 fully saturated rings. The summed E-state index contributed by atoms with van der Waals surface area (Å²) in [7, 11) is 0. The third-order valence-corrected chi connectivity index (χ3v) is 4.83. The minimum absolute atomic E-state index is 0.160. The fraction of sp³-hybridized carbons (Fsp3) is 0.250. The molecule has 0 saturated heterocycles. The summed E-state index contributed by atoms with van der Waals surface area (Å²) >= 11 is 0. The molecule has 7 heteroatoms. The van der Waals surface area contributed by atoms with Gasteiger partial charge in [0.1, 0.15) is 17.1 Å². The van der Waals surface area contributed by atoms with Gasteiger partial charge < -0.3 is 21.2 Å². The first-order chi connectivity index (χ1) is 14.4. The second kappa shape index (κ2) is 7.91. The molecule has 0 saturated carbocycles. The number of aromatic nitrogens is 1. The molecule has 3 aromatic rings. The zero-order valence-electron chi connectivity index (χ0n) is 18.2. The lowest BCUT2D eigenvalue weighted by Gasteiger charge is -2.19. The number of benzene rings is 2. The Morgan fingerprint density at radius 1 is 1.03 bits per heavy atom. The molecule has 0 aliphatic carbocycles. The van der Waals surface area contributed by atoms with Crippen LogP contribution in [0.3, 0.4) is 0 Å². The van der Waals surface area contributed by atoms with Crippen LogP contribution in [0.4, 0.5) is 10.1 Å². The summed E-state index contributed by atoms with van der Waals surface area (Å²) in [6.45, 7) is 8.84. The summed E-state index contributed by atoms with van der Waals surface area (Å²) < 4.78 is 20.2. The highest BCUT2D eigenvalue weighted by atomic mass is 19.1. The lowest BCUT2D eigenvalue weighted by atomic mass is 9.91. The number of ether oxygens (including phenoxy) is 1. The number of rotatable bonds is 4. The van der Waals surface area contributed by atoms with Gasteiger partial charge in [-0.15, -0.1) is 0 Å². The number of H-pyrrole nitrogens is 1. The van der Waals surface area contributed by atoms with E-state index < -0.39 is 23.3 Å². The average molecular weight is 423 g/mol. The average Bonchev–Trinajstić information content (AvgIpc) is 2.97. The molecule has 5 N–H and O–H groups in total. The summed E-state index contributed by atoms with van der Waals surface area (Å²) in [5.74, 6) is -2.18. The Labute approximate surface area is 180 Å². The number of halogens is 1. The van der Waals surface area contributed by atoms with Crippen LogP contribution >= 0.6 is 0 Å². The Kier molecular flexibility index (Phi) is 5.63. The first kappa shape index (κ1) is 22.1. The Bertz CT molecular complexity index is 1190. The van der Waals surface area contributed by atoms with E-state index >= 15 is 0 Å². The molecule has 0 aliphatic rings. The molecule has 6 nitrogen and oxygen atoms in total. The topological polar surface area (TPSA) is 111 Å². The molecule has 0 aliphatic heterocycles. The number of anilines is 1. The summed E-state index contributed by atoms with van der Waals surface area (Å²) in [6.07, 6.45) is 0. The van der Waals surface area contributed by atoms with E-state index in [0.29, 0.717) is 22.5 Å². The maximum atomic E-state index is 14.9. The van der Waals surface area contributed by atoms with Gasteiger partial charge in [-0.25, -0.2) is 9.18 Å². The minimum atomic E-state index is -0.758. The van der Waals surface area contributed by atoms with Gasteiger partial charge >= 0.3 is 5.97 Å². The number of hydrogen-bond acceptors (Lipinski definition) is 4. The van der Waals surface area contributed by atoms with Gasteiger partial charge in [0.15, 0.2) is 0 Å². The lowest BCUT2D eigenvalue weighted by Crippen LogP contribution is -2.24. The molecule has 1 heterocycles. The molecule has 1 amide bonds. The summed E-state index contributed by atoms with van der Waals surface area (Å²) in [6, 6.07) is 9.57. The SMILES string of the molecule is Cc1cc(N)ccc1-c1c(C)[nH]c(C(N)=O)c1-c1ccc(C(=O)OC(C)(C)C)c(F)c1. The van der Waals surface area contributed by atoms with E-state index in [4.69, 9.17) is 16.2 Å². The number of nitrogens with two attached hydrogens (primary N) is 2. The van der Waals surface area contributed by atoms with E-state index in [-0.39, 0.29) is 11.3 Å². The fourth-order valence-electron chi connectivity index (χ4n) is 3.57. The maximum Gasteiger partial charge on any atom is 0.341 e. The van der Waals surface area contributed by atoms with Gasteiger partial charge in [-0.2, -0.15) is 0 Å². The van der Waals surface area contributed by atoms with Gasteiger partial charge in [0, 0.05) is 22.5 Å². The van der Waals surface area contributed by atoms with Gasteiger partial charge in [0.05, 0.1) is 5.56 Å². The minimum Gasteiger partial charge on any atom is -0.456 e. The molecule has 0 unspecified atom stereocenters. The third kappa shape index (κ3) is 4.45. The number of aryl methyl sites for hydroxylation is 2. The van der Waals surface area contributed by atoms with E-state index in [1.54, 1.807) is 32.9 Å². The molecule has 0 spiro atoms. The number of primary amides is 1. The Hall–Kier alpha value is -3.61. The van der Waals surface area contributed by atoms with Crippen LogP contribution in [0.1, 0.15) is 52.9 Å². The zero-order chi connectivity index (χ0) is 23.1. The molecule has 0 bridgehead atoms. The molecule has 0 radical (unpaired) electrons. The van der Waals surface area contributed by atoms with Crippen LogP contribution in [0.15, 0.2) is 36.4 Å². The quantitative estimate of drug-likeness (QED) is 0.416. The number of nitrogens with one attached hydrogen (secondary N) is 1. The molecular weight excluding hydrogens is 397 g/mol. The normalized spacial score (nSPS) is 11.4. The van der Waals surface area contributed by atoms with Crippen molar-refractivity contribution in [3.63, 3.8) is 0 Å². The number of carbonyl (C=O) groups is 2. The first-order valence-electron chi connectivity index (χ1n) is 9.81. The van der Waals surface area contributed by atoms with Crippen molar-refractivity contribution in [3.05, 3.63) is 64.7 Å². The predicted octanol–water partition coefficient (Wildman–Crippen LogP) is 4.74. The highest BCUT2D eigenvalue weighted by Crippen LogP contribution is 2.40. The van der Waals surface area contributed by atoms with Gasteiger partial charge in [-0.05, 0) is 75.6 Å². The monoisotopic (exact) mass is 423 g/mol. The van der Waals surface area contributed by atoms with Crippen LogP contribution in [0, 0.1) is 19.7 Å². The number of esters is 1. The van der Waals surface area contributed by atoms with Crippen molar-refractivity contribution in [1.82, 2.24) is 4.98 Å². The second-order valence-electron chi connectivity index (χ2n) is 8.51. The molecule has 2 aromatic carbocycles. The van der Waals surface area contributed by atoms with E-state index in [0.717, 1.165) is 16.7 Å². The largest absolute Gasteiger partial charge is 0.456 e. The Morgan fingerprint density at radius 3 is 2.26 bits per heavy atom. The number of hydrogen-bond donors (Lipinski definition) is 3. The Morgan fingerprint density at radius 2 is 1.71 bits per heavy atom. The molecule has 31 heavy (non-hydrogen) atoms. The van der Waals surface area contributed by atoms with E-state index in [9.17, 15) is 14.0 Å². The van der Waals surface area contributed by atoms with Gasteiger partial charge in [0.2, 0.25) is 0 Å². The molecule has 3 rings (SSSR count). The van der Waals surface area contributed by atoms with Crippen molar-refractivity contribution in [2.75, 3.05) is 5.73 Å². The predicted molar refractivity (Wildman–Crippen MR) is 119 cm³/mol. The van der Waals surface area contributed by atoms with Crippen molar-refractivity contribution in [3.8, 4) is 22.3 Å². The van der Waals surface area contributed by atoms with Crippen molar-refractivity contribution in [2.24, 2.45) is 5.73 Å². The lowest BCUT2D eigenvalue weighted by molar-refractivity contribution is 0.00646. The van der Waals surface area contributed by atoms with Crippen LogP contribution in [0.2, 0.25) is 0 Å². The van der Waals surface area contributed by atoms with Crippen LogP contribution in [-0.2, 0) is 4.74 Å².